The summed E-state index contributed by atoms with van der Waals surface area (Å²) in [5.41, 5.74) is 2.97. The lowest BCUT2D eigenvalue weighted by atomic mass is 10.2. The lowest BCUT2D eigenvalue weighted by Gasteiger charge is -2.08. The van der Waals surface area contributed by atoms with Crippen molar-refractivity contribution in [3.05, 3.63) is 39.1 Å². The molecule has 0 aliphatic carbocycles. The molecule has 0 fully saturated rings. The average Bonchev–Trinajstić information content (AvgIpc) is 2.72. The van der Waals surface area contributed by atoms with Crippen LogP contribution >= 0.6 is 11.6 Å². The van der Waals surface area contributed by atoms with Gasteiger partial charge in [0.15, 0.2) is 5.69 Å². The van der Waals surface area contributed by atoms with Crippen LogP contribution in [0.2, 0.25) is 5.02 Å². The fourth-order valence-corrected chi connectivity index (χ4v) is 1.89. The van der Waals surface area contributed by atoms with Gasteiger partial charge < -0.3 is 5.73 Å². The number of hydrogen-bond acceptors (Lipinski definition) is 5. The SMILES string of the molecule is CC(=O)n1[nH]c(N)c(N=Nc2ccc(Cl)c(C(F)(F)F)c2)c1=O. The molecule has 3 N–H and O–H groups in total. The molecule has 23 heavy (non-hydrogen) atoms. The van der Waals surface area contributed by atoms with Crippen LogP contribution in [0.3, 0.4) is 0 Å². The molecule has 2 aromatic rings. The van der Waals surface area contributed by atoms with E-state index in [1.165, 1.54) is 6.07 Å². The predicted octanol–water partition coefficient (Wildman–Crippen LogP) is 3.51. The van der Waals surface area contributed by atoms with Gasteiger partial charge >= 0.3 is 11.7 Å². The molecule has 0 radical (unpaired) electrons. The van der Waals surface area contributed by atoms with Crippen LogP contribution < -0.4 is 11.3 Å². The number of benzene rings is 1. The lowest BCUT2D eigenvalue weighted by Crippen LogP contribution is -2.21. The minimum atomic E-state index is -4.66. The van der Waals surface area contributed by atoms with E-state index in [-0.39, 0.29) is 17.2 Å². The summed E-state index contributed by atoms with van der Waals surface area (Å²) >= 11 is 5.48. The summed E-state index contributed by atoms with van der Waals surface area (Å²) in [6.45, 7) is 1.12. The van der Waals surface area contributed by atoms with E-state index >= 15 is 0 Å². The van der Waals surface area contributed by atoms with Gasteiger partial charge in [-0.3, -0.25) is 14.7 Å². The van der Waals surface area contributed by atoms with Crippen LogP contribution in [0.1, 0.15) is 17.3 Å². The zero-order chi connectivity index (χ0) is 17.4. The number of halogens is 4. The summed E-state index contributed by atoms with van der Waals surface area (Å²) in [5.74, 6) is -0.868. The number of hydrogen-bond donors (Lipinski definition) is 2. The number of azo groups is 1. The van der Waals surface area contributed by atoms with Crippen molar-refractivity contribution in [2.45, 2.75) is 13.1 Å². The normalized spacial score (nSPS) is 12.0. The second kappa shape index (κ2) is 5.88. The Morgan fingerprint density at radius 3 is 2.52 bits per heavy atom. The zero-order valence-corrected chi connectivity index (χ0v) is 12.2. The van der Waals surface area contributed by atoms with Crippen molar-refractivity contribution < 1.29 is 18.0 Å². The van der Waals surface area contributed by atoms with Crippen LogP contribution in [-0.4, -0.2) is 15.7 Å². The maximum absolute atomic E-state index is 12.7. The molecule has 2 rings (SSSR count). The van der Waals surface area contributed by atoms with Crippen LogP contribution in [0.4, 0.5) is 30.4 Å². The molecule has 0 atom stereocenters. The van der Waals surface area contributed by atoms with E-state index < -0.39 is 28.2 Å². The van der Waals surface area contributed by atoms with E-state index in [0.717, 1.165) is 13.0 Å². The third-order valence-corrected chi connectivity index (χ3v) is 3.06. The summed E-state index contributed by atoms with van der Waals surface area (Å²) < 4.78 is 38.8. The van der Waals surface area contributed by atoms with E-state index in [2.05, 4.69) is 15.3 Å². The van der Waals surface area contributed by atoms with Gasteiger partial charge in [-0.2, -0.15) is 23.0 Å². The lowest BCUT2D eigenvalue weighted by molar-refractivity contribution is -0.137. The molecular formula is C12H9ClF3N5O2. The van der Waals surface area contributed by atoms with E-state index in [1.54, 1.807) is 0 Å². The van der Waals surface area contributed by atoms with Gasteiger partial charge in [0.05, 0.1) is 16.3 Å². The second-order valence-electron chi connectivity index (χ2n) is 4.40. The van der Waals surface area contributed by atoms with Crippen LogP contribution in [-0.2, 0) is 6.18 Å². The standard InChI is InChI=1S/C12H9ClF3N5O2/c1-5(22)21-11(23)9(10(17)20-21)19-18-6-2-3-8(13)7(4-6)12(14,15)16/h2-4,20H,17H2,1H3. The van der Waals surface area contributed by atoms with Gasteiger partial charge in [-0.25, -0.2) is 0 Å². The third-order valence-electron chi connectivity index (χ3n) is 2.73. The number of aromatic nitrogens is 2. The molecule has 122 valence electrons. The van der Waals surface area contributed by atoms with Crippen molar-refractivity contribution in [2.75, 3.05) is 5.73 Å². The summed E-state index contributed by atoms with van der Waals surface area (Å²) in [5, 5.41) is 8.81. The first kappa shape index (κ1) is 16.7. The number of aromatic amines is 1. The summed E-state index contributed by atoms with van der Waals surface area (Å²) in [6.07, 6.45) is -4.66. The maximum atomic E-state index is 12.7. The number of anilines is 1. The van der Waals surface area contributed by atoms with E-state index in [0.29, 0.717) is 10.7 Å². The molecule has 0 aliphatic heterocycles. The average molecular weight is 348 g/mol. The topological polar surface area (TPSA) is 106 Å². The molecule has 0 saturated carbocycles. The van der Waals surface area contributed by atoms with Gasteiger partial charge in [0.25, 0.3) is 0 Å². The summed E-state index contributed by atoms with van der Waals surface area (Å²) in [4.78, 5) is 23.0. The first-order chi connectivity index (χ1) is 10.6. The largest absolute Gasteiger partial charge is 0.417 e. The minimum absolute atomic E-state index is 0.184. The zero-order valence-electron chi connectivity index (χ0n) is 11.5. The second-order valence-corrected chi connectivity index (χ2v) is 4.80. The Morgan fingerprint density at radius 2 is 2.00 bits per heavy atom. The highest BCUT2D eigenvalue weighted by molar-refractivity contribution is 6.31. The number of carbonyl (C=O) groups is 1. The van der Waals surface area contributed by atoms with Crippen molar-refractivity contribution in [1.82, 2.24) is 9.78 Å². The number of nitrogens with two attached hydrogens (primary N) is 1. The van der Waals surface area contributed by atoms with Gasteiger partial charge in [0.1, 0.15) is 5.82 Å². The maximum Gasteiger partial charge on any atom is 0.417 e. The molecule has 0 saturated heterocycles. The number of carbonyl (C=O) groups excluding carboxylic acids is 1. The smallest absolute Gasteiger partial charge is 0.382 e. The van der Waals surface area contributed by atoms with Crippen molar-refractivity contribution in [3.63, 3.8) is 0 Å². The number of nitrogens with one attached hydrogen (secondary N) is 1. The van der Waals surface area contributed by atoms with E-state index in [1.807, 2.05) is 0 Å². The number of H-pyrrole nitrogens is 1. The molecule has 0 amide bonds. The molecule has 7 nitrogen and oxygen atoms in total. The number of nitrogen functional groups attached to an aromatic ring is 1. The highest BCUT2D eigenvalue weighted by Crippen LogP contribution is 2.37. The fraction of sp³-hybridized carbons (Fsp3) is 0.167. The molecule has 0 bridgehead atoms. The molecule has 11 heteroatoms. The summed E-state index contributed by atoms with van der Waals surface area (Å²) in [7, 11) is 0. The minimum Gasteiger partial charge on any atom is -0.382 e. The molecule has 0 unspecified atom stereocenters. The highest BCUT2D eigenvalue weighted by Gasteiger charge is 2.33. The van der Waals surface area contributed by atoms with Crippen molar-refractivity contribution >= 4 is 34.7 Å². The number of nitrogens with zero attached hydrogens (tertiary/aromatic N) is 3. The number of alkyl halides is 3. The fourth-order valence-electron chi connectivity index (χ4n) is 1.66. The molecule has 0 aliphatic rings. The van der Waals surface area contributed by atoms with Crippen LogP contribution in [0.25, 0.3) is 0 Å². The van der Waals surface area contributed by atoms with Gasteiger partial charge in [-0.05, 0) is 18.2 Å². The molecule has 0 spiro atoms. The Balaban J connectivity index is 2.43. The Morgan fingerprint density at radius 1 is 1.35 bits per heavy atom. The van der Waals surface area contributed by atoms with Gasteiger partial charge in [0.2, 0.25) is 5.91 Å². The Kier molecular flexibility index (Phi) is 4.28. The molecule has 1 aromatic carbocycles. The molecule has 1 aromatic heterocycles. The quantitative estimate of drug-likeness (QED) is 0.812. The monoisotopic (exact) mass is 347 g/mol. The van der Waals surface area contributed by atoms with Crippen molar-refractivity contribution in [2.24, 2.45) is 10.2 Å². The Labute approximate surface area is 131 Å². The van der Waals surface area contributed by atoms with Gasteiger partial charge in [0, 0.05) is 6.92 Å². The van der Waals surface area contributed by atoms with Gasteiger partial charge in [-0.1, -0.05) is 11.6 Å². The van der Waals surface area contributed by atoms with Crippen molar-refractivity contribution in [3.8, 4) is 0 Å². The van der Waals surface area contributed by atoms with Crippen molar-refractivity contribution in [1.29, 1.82) is 0 Å². The predicted molar refractivity (Wildman–Crippen MR) is 76.4 cm³/mol. The van der Waals surface area contributed by atoms with E-state index in [4.69, 9.17) is 17.3 Å². The van der Waals surface area contributed by atoms with Crippen LogP contribution in [0.15, 0.2) is 33.2 Å². The molecule has 1 heterocycles. The third kappa shape index (κ3) is 3.42. The first-order valence-electron chi connectivity index (χ1n) is 6.01. The van der Waals surface area contributed by atoms with Crippen LogP contribution in [0.5, 0.6) is 0 Å². The Hall–Kier alpha value is -2.62. The number of rotatable bonds is 2. The highest BCUT2D eigenvalue weighted by atomic mass is 35.5. The van der Waals surface area contributed by atoms with Gasteiger partial charge in [-0.15, -0.1) is 5.11 Å². The Bertz CT molecular complexity index is 853. The molecular weight excluding hydrogens is 339 g/mol. The van der Waals surface area contributed by atoms with Crippen LogP contribution in [0, 0.1) is 0 Å². The van der Waals surface area contributed by atoms with E-state index in [9.17, 15) is 22.8 Å². The summed E-state index contributed by atoms with van der Waals surface area (Å²) in [6, 6.07) is 2.87. The first-order valence-corrected chi connectivity index (χ1v) is 6.39.